The molecule has 0 aromatic rings. The Bertz CT molecular complexity index is 724. The third-order valence-electron chi connectivity index (χ3n) is 8.37. The van der Waals surface area contributed by atoms with Gasteiger partial charge in [0.15, 0.2) is 0 Å². The number of nitrogens with one attached hydrogen (secondary N) is 1. The number of rotatable bonds is 35. The molecular formula is C36H73N2O6P. The Morgan fingerprint density at radius 2 is 1.16 bits per heavy atom. The minimum atomic E-state index is -4.30. The number of carbonyl (C=O) groups is 1. The standard InChI is InChI=1S/C36H73N2O6P/c1-3-5-7-9-11-13-15-17-18-20-22-24-26-28-30-36(40)38-34(33-44-45(41,42)43-32-31-37)35(39)29-27-25-23-21-19-16-14-12-10-8-6-4-2/h15,17,34-35,39H,3-14,16,18-33,37H2,1-2H3,(H,38,40)(H,41,42)/b17-15-. The van der Waals surface area contributed by atoms with Gasteiger partial charge in [0.1, 0.15) is 0 Å². The summed E-state index contributed by atoms with van der Waals surface area (Å²) in [4.78, 5) is 22.6. The van der Waals surface area contributed by atoms with E-state index in [1.165, 1.54) is 103 Å². The van der Waals surface area contributed by atoms with E-state index < -0.39 is 20.0 Å². The molecule has 268 valence electrons. The van der Waals surface area contributed by atoms with Crippen LogP contribution < -0.4 is 11.1 Å². The van der Waals surface area contributed by atoms with Crippen molar-refractivity contribution in [3.8, 4) is 0 Å². The average molecular weight is 661 g/mol. The van der Waals surface area contributed by atoms with Crippen LogP contribution in [-0.4, -0.2) is 47.8 Å². The first-order valence-corrected chi connectivity index (χ1v) is 20.3. The van der Waals surface area contributed by atoms with Gasteiger partial charge in [-0.3, -0.25) is 13.8 Å². The number of nitrogens with two attached hydrogens (primary N) is 1. The third kappa shape index (κ3) is 31.6. The summed E-state index contributed by atoms with van der Waals surface area (Å²) >= 11 is 0. The van der Waals surface area contributed by atoms with E-state index in [-0.39, 0.29) is 25.7 Å². The molecule has 0 spiro atoms. The number of hydrogen-bond acceptors (Lipinski definition) is 6. The van der Waals surface area contributed by atoms with Gasteiger partial charge in [-0.05, 0) is 38.5 Å². The van der Waals surface area contributed by atoms with Crippen molar-refractivity contribution in [3.05, 3.63) is 12.2 Å². The first-order chi connectivity index (χ1) is 21.9. The molecule has 0 fully saturated rings. The van der Waals surface area contributed by atoms with Crippen LogP contribution in [-0.2, 0) is 18.4 Å². The molecule has 0 aliphatic rings. The molecule has 0 aromatic carbocycles. The number of amides is 1. The molecule has 0 aliphatic carbocycles. The van der Waals surface area contributed by atoms with Gasteiger partial charge in [-0.25, -0.2) is 4.57 Å². The van der Waals surface area contributed by atoms with Gasteiger partial charge in [0.2, 0.25) is 5.91 Å². The van der Waals surface area contributed by atoms with Crippen LogP contribution in [0.25, 0.3) is 0 Å². The van der Waals surface area contributed by atoms with Crippen molar-refractivity contribution in [2.75, 3.05) is 19.8 Å². The van der Waals surface area contributed by atoms with Gasteiger partial charge in [0.05, 0.1) is 25.4 Å². The minimum Gasteiger partial charge on any atom is -0.391 e. The van der Waals surface area contributed by atoms with Crippen LogP contribution in [0.15, 0.2) is 12.2 Å². The summed E-state index contributed by atoms with van der Waals surface area (Å²) in [6, 6.07) is -0.773. The SMILES string of the molecule is CCCCCCC/C=C\CCCCCCCC(=O)NC(COP(=O)(O)OCCN)C(O)CCCCCCCCCCCCCC. The number of aliphatic hydroxyl groups excluding tert-OH is 1. The molecule has 0 aromatic heterocycles. The van der Waals surface area contributed by atoms with Crippen LogP contribution in [0.5, 0.6) is 0 Å². The van der Waals surface area contributed by atoms with Crippen LogP contribution in [0.2, 0.25) is 0 Å². The smallest absolute Gasteiger partial charge is 0.391 e. The number of allylic oxidation sites excluding steroid dienone is 2. The molecule has 0 rings (SSSR count). The molecule has 9 heteroatoms. The Hall–Kier alpha value is -0.760. The average Bonchev–Trinajstić information content (AvgIpc) is 3.02. The second kappa shape index (κ2) is 33.2. The fourth-order valence-corrected chi connectivity index (χ4v) is 6.24. The van der Waals surface area contributed by atoms with E-state index in [0.717, 1.165) is 51.4 Å². The van der Waals surface area contributed by atoms with Crippen LogP contribution in [0.3, 0.4) is 0 Å². The lowest BCUT2D eigenvalue weighted by Crippen LogP contribution is -2.46. The van der Waals surface area contributed by atoms with Gasteiger partial charge in [-0.15, -0.1) is 0 Å². The second-order valence-electron chi connectivity index (χ2n) is 12.8. The summed E-state index contributed by atoms with van der Waals surface area (Å²) in [5.41, 5.74) is 5.35. The summed E-state index contributed by atoms with van der Waals surface area (Å²) in [6.45, 7) is 4.18. The van der Waals surface area contributed by atoms with Gasteiger partial charge < -0.3 is 21.1 Å². The Balaban J connectivity index is 4.26. The van der Waals surface area contributed by atoms with Crippen molar-refractivity contribution in [1.29, 1.82) is 0 Å². The molecule has 3 atom stereocenters. The lowest BCUT2D eigenvalue weighted by molar-refractivity contribution is -0.123. The maximum absolute atomic E-state index is 12.7. The molecule has 0 aliphatic heterocycles. The predicted molar refractivity (Wildman–Crippen MR) is 189 cm³/mol. The molecule has 0 radical (unpaired) electrons. The topological polar surface area (TPSA) is 131 Å². The zero-order valence-corrected chi connectivity index (χ0v) is 30.3. The highest BCUT2D eigenvalue weighted by molar-refractivity contribution is 7.47. The Labute approximate surface area is 277 Å². The van der Waals surface area contributed by atoms with Gasteiger partial charge in [0, 0.05) is 13.0 Å². The molecule has 0 heterocycles. The maximum Gasteiger partial charge on any atom is 0.472 e. The summed E-state index contributed by atoms with van der Waals surface area (Å²) in [5, 5.41) is 13.7. The molecule has 0 bridgehead atoms. The van der Waals surface area contributed by atoms with Crippen LogP contribution in [0.1, 0.15) is 181 Å². The van der Waals surface area contributed by atoms with E-state index in [1.54, 1.807) is 0 Å². The third-order valence-corrected chi connectivity index (χ3v) is 9.35. The van der Waals surface area contributed by atoms with E-state index in [4.69, 9.17) is 14.8 Å². The van der Waals surface area contributed by atoms with Crippen molar-refractivity contribution in [2.24, 2.45) is 5.73 Å². The Kier molecular flexibility index (Phi) is 32.6. The lowest BCUT2D eigenvalue weighted by atomic mass is 10.0. The van der Waals surface area contributed by atoms with Crippen molar-refractivity contribution in [3.63, 3.8) is 0 Å². The van der Waals surface area contributed by atoms with E-state index in [0.29, 0.717) is 12.8 Å². The van der Waals surface area contributed by atoms with Gasteiger partial charge in [-0.1, -0.05) is 148 Å². The number of carbonyl (C=O) groups excluding carboxylic acids is 1. The molecule has 8 nitrogen and oxygen atoms in total. The normalized spacial score (nSPS) is 14.5. The van der Waals surface area contributed by atoms with E-state index >= 15 is 0 Å². The molecule has 5 N–H and O–H groups in total. The highest BCUT2D eigenvalue weighted by atomic mass is 31.2. The minimum absolute atomic E-state index is 0.0888. The highest BCUT2D eigenvalue weighted by Crippen LogP contribution is 2.43. The van der Waals surface area contributed by atoms with Crippen molar-refractivity contribution in [2.45, 2.75) is 193 Å². The number of hydrogen-bond donors (Lipinski definition) is 4. The molecule has 1 amide bonds. The van der Waals surface area contributed by atoms with Gasteiger partial charge in [0.25, 0.3) is 0 Å². The molecule has 0 saturated heterocycles. The van der Waals surface area contributed by atoms with Crippen molar-refractivity contribution < 1.29 is 28.4 Å². The first-order valence-electron chi connectivity index (χ1n) is 18.8. The number of aliphatic hydroxyl groups is 1. The van der Waals surface area contributed by atoms with E-state index in [2.05, 4.69) is 31.3 Å². The Morgan fingerprint density at radius 3 is 1.64 bits per heavy atom. The van der Waals surface area contributed by atoms with Crippen LogP contribution in [0.4, 0.5) is 0 Å². The van der Waals surface area contributed by atoms with Crippen LogP contribution >= 0.6 is 7.82 Å². The summed E-state index contributed by atoms with van der Waals surface area (Å²) < 4.78 is 22.1. The molecule has 45 heavy (non-hydrogen) atoms. The summed E-state index contributed by atoms with van der Waals surface area (Å²) in [7, 11) is -4.30. The quantitative estimate of drug-likeness (QED) is 0.0302. The van der Waals surface area contributed by atoms with E-state index in [1.807, 2.05) is 0 Å². The second-order valence-corrected chi connectivity index (χ2v) is 14.2. The Morgan fingerprint density at radius 1 is 0.711 bits per heavy atom. The monoisotopic (exact) mass is 661 g/mol. The number of phosphoric ester groups is 1. The fraction of sp³-hybridized carbons (Fsp3) is 0.917. The predicted octanol–water partition coefficient (Wildman–Crippen LogP) is 9.66. The summed E-state index contributed by atoms with van der Waals surface area (Å²) in [5.74, 6) is -0.171. The molecular weight excluding hydrogens is 587 g/mol. The first kappa shape index (κ1) is 44.2. The largest absolute Gasteiger partial charge is 0.472 e. The zero-order chi connectivity index (χ0) is 33.3. The van der Waals surface area contributed by atoms with Gasteiger partial charge >= 0.3 is 7.82 Å². The van der Waals surface area contributed by atoms with Gasteiger partial charge in [-0.2, -0.15) is 0 Å². The number of unbranched alkanes of at least 4 members (excludes halogenated alkanes) is 21. The zero-order valence-electron chi connectivity index (χ0n) is 29.4. The maximum atomic E-state index is 12.7. The number of phosphoric acid groups is 1. The molecule has 0 saturated carbocycles. The van der Waals surface area contributed by atoms with Crippen molar-refractivity contribution in [1.82, 2.24) is 5.32 Å². The fourth-order valence-electron chi connectivity index (χ4n) is 5.48. The molecule has 3 unspecified atom stereocenters. The highest BCUT2D eigenvalue weighted by Gasteiger charge is 2.27. The van der Waals surface area contributed by atoms with E-state index in [9.17, 15) is 19.4 Å². The van der Waals surface area contributed by atoms with Crippen molar-refractivity contribution >= 4 is 13.7 Å². The summed E-state index contributed by atoms with van der Waals surface area (Å²) in [6.07, 6.45) is 33.5. The van der Waals surface area contributed by atoms with Crippen LogP contribution in [0, 0.1) is 0 Å². The lowest BCUT2D eigenvalue weighted by Gasteiger charge is -2.25.